The molecule has 3 nitrogen and oxygen atoms in total. The summed E-state index contributed by atoms with van der Waals surface area (Å²) in [5.74, 6) is 0. The van der Waals surface area contributed by atoms with E-state index in [4.69, 9.17) is 0 Å². The number of hydrogen-bond acceptors (Lipinski definition) is 2. The minimum Gasteiger partial charge on any atom is -0.312 e. The molecule has 2 aromatic rings. The third-order valence-corrected chi connectivity index (χ3v) is 4.43. The lowest BCUT2D eigenvalue weighted by Gasteiger charge is -2.33. The lowest BCUT2D eigenvalue weighted by molar-refractivity contribution is 0.207. The Kier molecular flexibility index (Phi) is 3.56. The Morgan fingerprint density at radius 3 is 2.95 bits per heavy atom. The second kappa shape index (κ2) is 5.33. The summed E-state index contributed by atoms with van der Waals surface area (Å²) in [6.07, 6.45) is 10.9. The number of aromatic nitrogens is 2. The van der Waals surface area contributed by atoms with Crippen LogP contribution in [0.25, 0.3) is 5.52 Å². The largest absolute Gasteiger partial charge is 0.312 e. The highest BCUT2D eigenvalue weighted by Crippen LogP contribution is 2.34. The third kappa shape index (κ3) is 2.81. The van der Waals surface area contributed by atoms with Crippen LogP contribution in [-0.2, 0) is 6.54 Å². The van der Waals surface area contributed by atoms with Crippen LogP contribution in [0.1, 0.15) is 44.6 Å². The molecule has 1 aliphatic carbocycles. The van der Waals surface area contributed by atoms with Crippen LogP contribution >= 0.6 is 0 Å². The number of nitrogens with one attached hydrogen (secondary N) is 1. The monoisotopic (exact) mass is 257 g/mol. The highest BCUT2D eigenvalue weighted by atomic mass is 15.2. The smallest absolute Gasteiger partial charge is 0.0706 e. The standard InChI is InChI=1S/C16H23N3/c1-16(8-4-2-5-9-16)13-17-11-14-12-18-19-10-6-3-7-15(14)19/h3,6-7,10,12,17H,2,4-5,8-9,11,13H2,1H3. The second-order valence-electron chi connectivity index (χ2n) is 6.18. The average Bonchev–Trinajstić information content (AvgIpc) is 2.83. The summed E-state index contributed by atoms with van der Waals surface area (Å²) in [5.41, 5.74) is 3.00. The molecule has 0 bridgehead atoms. The molecule has 0 unspecified atom stereocenters. The van der Waals surface area contributed by atoms with E-state index < -0.39 is 0 Å². The first-order valence-corrected chi connectivity index (χ1v) is 7.39. The van der Waals surface area contributed by atoms with Gasteiger partial charge in [-0.05, 0) is 30.4 Å². The van der Waals surface area contributed by atoms with Crippen molar-refractivity contribution in [3.8, 4) is 0 Å². The van der Waals surface area contributed by atoms with Crippen molar-refractivity contribution in [1.82, 2.24) is 14.9 Å². The molecule has 3 heteroatoms. The maximum absolute atomic E-state index is 4.38. The van der Waals surface area contributed by atoms with E-state index in [-0.39, 0.29) is 0 Å². The van der Waals surface area contributed by atoms with Gasteiger partial charge in [0, 0.05) is 24.8 Å². The summed E-state index contributed by atoms with van der Waals surface area (Å²) in [6, 6.07) is 6.22. The summed E-state index contributed by atoms with van der Waals surface area (Å²) >= 11 is 0. The van der Waals surface area contributed by atoms with Crippen molar-refractivity contribution in [3.05, 3.63) is 36.2 Å². The van der Waals surface area contributed by atoms with E-state index in [2.05, 4.69) is 29.5 Å². The molecule has 0 aromatic carbocycles. The maximum atomic E-state index is 4.38. The molecule has 2 aromatic heterocycles. The van der Waals surface area contributed by atoms with Gasteiger partial charge in [0.2, 0.25) is 0 Å². The number of hydrogen-bond donors (Lipinski definition) is 1. The number of fused-ring (bicyclic) bond motifs is 1. The predicted octanol–water partition coefficient (Wildman–Crippen LogP) is 3.39. The van der Waals surface area contributed by atoms with Crippen LogP contribution in [0.4, 0.5) is 0 Å². The van der Waals surface area contributed by atoms with E-state index in [0.717, 1.165) is 13.1 Å². The van der Waals surface area contributed by atoms with Crippen molar-refractivity contribution in [2.24, 2.45) is 5.41 Å². The molecular weight excluding hydrogens is 234 g/mol. The van der Waals surface area contributed by atoms with Crippen LogP contribution in [0.15, 0.2) is 30.6 Å². The van der Waals surface area contributed by atoms with E-state index in [1.807, 2.05) is 23.0 Å². The zero-order chi connectivity index (χ0) is 13.1. The highest BCUT2D eigenvalue weighted by Gasteiger charge is 2.26. The van der Waals surface area contributed by atoms with E-state index >= 15 is 0 Å². The summed E-state index contributed by atoms with van der Waals surface area (Å²) in [5, 5.41) is 8.01. The molecule has 0 aliphatic heterocycles. The zero-order valence-corrected chi connectivity index (χ0v) is 11.7. The lowest BCUT2D eigenvalue weighted by Crippen LogP contribution is -2.33. The predicted molar refractivity (Wildman–Crippen MR) is 78.1 cm³/mol. The molecule has 0 atom stereocenters. The van der Waals surface area contributed by atoms with E-state index in [1.165, 1.54) is 43.2 Å². The fraction of sp³-hybridized carbons (Fsp3) is 0.562. The van der Waals surface area contributed by atoms with Crippen molar-refractivity contribution in [2.75, 3.05) is 6.54 Å². The van der Waals surface area contributed by atoms with Gasteiger partial charge in [-0.1, -0.05) is 32.3 Å². The van der Waals surface area contributed by atoms with Gasteiger partial charge in [-0.3, -0.25) is 0 Å². The molecule has 2 heterocycles. The van der Waals surface area contributed by atoms with Crippen LogP contribution in [-0.4, -0.2) is 16.2 Å². The van der Waals surface area contributed by atoms with E-state index in [0.29, 0.717) is 5.41 Å². The van der Waals surface area contributed by atoms with Gasteiger partial charge >= 0.3 is 0 Å². The topological polar surface area (TPSA) is 29.3 Å². The Hall–Kier alpha value is -1.35. The molecule has 0 spiro atoms. The Morgan fingerprint density at radius 1 is 1.26 bits per heavy atom. The van der Waals surface area contributed by atoms with Gasteiger partial charge in [0.15, 0.2) is 0 Å². The van der Waals surface area contributed by atoms with Crippen molar-refractivity contribution in [3.63, 3.8) is 0 Å². The van der Waals surface area contributed by atoms with Crippen LogP contribution < -0.4 is 5.32 Å². The Balaban J connectivity index is 1.60. The molecule has 19 heavy (non-hydrogen) atoms. The molecule has 1 aliphatic rings. The third-order valence-electron chi connectivity index (χ3n) is 4.43. The first-order chi connectivity index (χ1) is 9.27. The van der Waals surface area contributed by atoms with Crippen LogP contribution in [0, 0.1) is 5.41 Å². The molecule has 3 rings (SSSR count). The van der Waals surface area contributed by atoms with Gasteiger partial charge in [-0.2, -0.15) is 5.10 Å². The molecule has 1 saturated carbocycles. The second-order valence-corrected chi connectivity index (χ2v) is 6.18. The van der Waals surface area contributed by atoms with E-state index in [9.17, 15) is 0 Å². The first-order valence-electron chi connectivity index (χ1n) is 7.39. The lowest BCUT2D eigenvalue weighted by atomic mass is 9.76. The number of nitrogens with zero attached hydrogens (tertiary/aromatic N) is 2. The van der Waals surface area contributed by atoms with Gasteiger partial charge in [-0.25, -0.2) is 4.52 Å². The molecule has 1 fully saturated rings. The molecule has 1 N–H and O–H groups in total. The quantitative estimate of drug-likeness (QED) is 0.909. The van der Waals surface area contributed by atoms with Crippen LogP contribution in [0.3, 0.4) is 0 Å². The summed E-state index contributed by atoms with van der Waals surface area (Å²) in [7, 11) is 0. The summed E-state index contributed by atoms with van der Waals surface area (Å²) in [6.45, 7) is 4.47. The molecule has 102 valence electrons. The van der Waals surface area contributed by atoms with Crippen molar-refractivity contribution in [1.29, 1.82) is 0 Å². The molecule has 0 saturated heterocycles. The molecule has 0 radical (unpaired) electrons. The normalized spacial score (nSPS) is 18.8. The van der Waals surface area contributed by atoms with Crippen molar-refractivity contribution in [2.45, 2.75) is 45.6 Å². The van der Waals surface area contributed by atoms with Gasteiger partial charge in [0.25, 0.3) is 0 Å². The van der Waals surface area contributed by atoms with Gasteiger partial charge < -0.3 is 5.32 Å². The summed E-state index contributed by atoms with van der Waals surface area (Å²) < 4.78 is 1.94. The minimum atomic E-state index is 0.501. The SMILES string of the molecule is CC1(CNCc2cnn3ccccc23)CCCCC1. The molecular formula is C16H23N3. The van der Waals surface area contributed by atoms with E-state index in [1.54, 1.807) is 0 Å². The number of pyridine rings is 1. The minimum absolute atomic E-state index is 0.501. The van der Waals surface area contributed by atoms with Gasteiger partial charge in [0.1, 0.15) is 0 Å². The van der Waals surface area contributed by atoms with Crippen LogP contribution in [0.2, 0.25) is 0 Å². The van der Waals surface area contributed by atoms with Crippen LogP contribution in [0.5, 0.6) is 0 Å². The first kappa shape index (κ1) is 12.7. The average molecular weight is 257 g/mol. The highest BCUT2D eigenvalue weighted by molar-refractivity contribution is 5.53. The summed E-state index contributed by atoms with van der Waals surface area (Å²) in [4.78, 5) is 0. The zero-order valence-electron chi connectivity index (χ0n) is 11.7. The Labute approximate surface area is 115 Å². The number of rotatable bonds is 4. The van der Waals surface area contributed by atoms with Gasteiger partial charge in [0.05, 0.1) is 11.7 Å². The van der Waals surface area contributed by atoms with Gasteiger partial charge in [-0.15, -0.1) is 0 Å². The molecule has 0 amide bonds. The Bertz CT molecular complexity index is 538. The fourth-order valence-electron chi connectivity index (χ4n) is 3.20. The fourth-order valence-corrected chi connectivity index (χ4v) is 3.20. The maximum Gasteiger partial charge on any atom is 0.0706 e. The van der Waals surface area contributed by atoms with Crippen molar-refractivity contribution >= 4 is 5.52 Å². The van der Waals surface area contributed by atoms with Crippen molar-refractivity contribution < 1.29 is 0 Å². The Morgan fingerprint density at radius 2 is 2.11 bits per heavy atom.